The summed E-state index contributed by atoms with van der Waals surface area (Å²) >= 11 is 0. The monoisotopic (exact) mass is 353 g/mol. The lowest BCUT2D eigenvalue weighted by Gasteiger charge is -2.28. The molecule has 0 aliphatic carbocycles. The molecule has 138 valence electrons. The third kappa shape index (κ3) is 3.16. The van der Waals surface area contributed by atoms with Crippen LogP contribution >= 0.6 is 0 Å². The van der Waals surface area contributed by atoms with Gasteiger partial charge in [0.2, 0.25) is 0 Å². The highest BCUT2D eigenvalue weighted by molar-refractivity contribution is 5.97. The van der Waals surface area contributed by atoms with Crippen molar-refractivity contribution in [2.45, 2.75) is 52.6 Å². The van der Waals surface area contributed by atoms with Crippen LogP contribution in [0.5, 0.6) is 0 Å². The second-order valence-corrected chi connectivity index (χ2v) is 7.34. The average molecular weight is 353 g/mol. The summed E-state index contributed by atoms with van der Waals surface area (Å²) < 4.78 is 5.52. The Morgan fingerprint density at radius 3 is 2.81 bits per heavy atom. The van der Waals surface area contributed by atoms with E-state index >= 15 is 0 Å². The summed E-state index contributed by atoms with van der Waals surface area (Å²) in [6.07, 6.45) is 5.15. The Morgan fingerprint density at radius 1 is 1.27 bits per heavy atom. The molecule has 5 nitrogen and oxygen atoms in total. The standard InChI is InChI=1S/C21H27N3O2/c1-3-15-11-14(2)16(20-22-18-7-10-26-13-19(18)23-20)12-17(15)21(25)24-8-5-4-6-9-24/h11-12H,3-10,13H2,1-2H3,(H,22,23). The number of carbonyl (C=O) groups excluding carboxylic acids is 1. The zero-order chi connectivity index (χ0) is 18.1. The van der Waals surface area contributed by atoms with E-state index in [0.717, 1.165) is 84.8 Å². The highest BCUT2D eigenvalue weighted by Gasteiger charge is 2.23. The van der Waals surface area contributed by atoms with Crippen LogP contribution in [0, 0.1) is 6.92 Å². The van der Waals surface area contributed by atoms with Gasteiger partial charge in [-0.25, -0.2) is 4.98 Å². The number of H-pyrrole nitrogens is 1. The molecule has 1 aromatic carbocycles. The van der Waals surface area contributed by atoms with Gasteiger partial charge in [-0.3, -0.25) is 4.79 Å². The molecule has 2 aliphatic heterocycles. The summed E-state index contributed by atoms with van der Waals surface area (Å²) in [4.78, 5) is 23.4. The van der Waals surface area contributed by atoms with Gasteiger partial charge in [0.05, 0.1) is 24.6 Å². The predicted octanol–water partition coefficient (Wildman–Crippen LogP) is 3.65. The van der Waals surface area contributed by atoms with E-state index in [0.29, 0.717) is 6.61 Å². The van der Waals surface area contributed by atoms with E-state index in [-0.39, 0.29) is 5.91 Å². The van der Waals surface area contributed by atoms with Crippen LogP contribution in [0.4, 0.5) is 0 Å². The van der Waals surface area contributed by atoms with Gasteiger partial charge in [-0.2, -0.15) is 0 Å². The number of aromatic nitrogens is 2. The molecule has 1 N–H and O–H groups in total. The van der Waals surface area contributed by atoms with Crippen molar-refractivity contribution in [1.82, 2.24) is 14.9 Å². The molecule has 4 rings (SSSR count). The van der Waals surface area contributed by atoms with E-state index in [1.165, 1.54) is 6.42 Å². The number of nitrogens with one attached hydrogen (secondary N) is 1. The Morgan fingerprint density at radius 2 is 2.08 bits per heavy atom. The first kappa shape index (κ1) is 17.3. The summed E-state index contributed by atoms with van der Waals surface area (Å²) in [7, 11) is 0. The molecule has 1 aromatic heterocycles. The van der Waals surface area contributed by atoms with E-state index in [9.17, 15) is 4.79 Å². The molecule has 0 saturated carbocycles. The van der Waals surface area contributed by atoms with Crippen molar-refractivity contribution in [3.8, 4) is 11.4 Å². The normalized spacial score (nSPS) is 17.2. The maximum atomic E-state index is 13.1. The molecule has 0 unspecified atom stereocenters. The molecule has 1 saturated heterocycles. The highest BCUT2D eigenvalue weighted by Crippen LogP contribution is 2.29. The molecule has 1 fully saturated rings. The molecular weight excluding hydrogens is 326 g/mol. The topological polar surface area (TPSA) is 58.2 Å². The molecule has 0 spiro atoms. The van der Waals surface area contributed by atoms with E-state index in [1.54, 1.807) is 0 Å². The van der Waals surface area contributed by atoms with E-state index in [2.05, 4.69) is 31.0 Å². The van der Waals surface area contributed by atoms with Gasteiger partial charge in [0.25, 0.3) is 5.91 Å². The fourth-order valence-electron chi connectivity index (χ4n) is 4.02. The molecule has 26 heavy (non-hydrogen) atoms. The molecule has 2 aromatic rings. The molecule has 0 atom stereocenters. The molecule has 3 heterocycles. The van der Waals surface area contributed by atoms with Crippen LogP contribution in [0.1, 0.15) is 59.1 Å². The largest absolute Gasteiger partial charge is 0.375 e. The summed E-state index contributed by atoms with van der Waals surface area (Å²) in [6, 6.07) is 4.21. The molecule has 1 amide bonds. The number of ether oxygens (including phenoxy) is 1. The fraction of sp³-hybridized carbons (Fsp3) is 0.524. The SMILES string of the molecule is CCc1cc(C)c(-c2nc3c([nH]2)COCC3)cc1C(=O)N1CCCCC1. The fourth-order valence-corrected chi connectivity index (χ4v) is 4.02. The number of hydrogen-bond donors (Lipinski definition) is 1. The Balaban J connectivity index is 1.73. The lowest BCUT2D eigenvalue weighted by atomic mass is 9.95. The lowest BCUT2D eigenvalue weighted by molar-refractivity contribution is 0.0723. The Bertz CT molecular complexity index is 795. The second kappa shape index (κ2) is 7.23. The van der Waals surface area contributed by atoms with Crippen molar-refractivity contribution in [3.63, 3.8) is 0 Å². The van der Waals surface area contributed by atoms with Crippen LogP contribution in [0.3, 0.4) is 0 Å². The minimum Gasteiger partial charge on any atom is -0.375 e. The number of carbonyl (C=O) groups is 1. The van der Waals surface area contributed by atoms with Crippen LogP contribution in [-0.4, -0.2) is 40.5 Å². The van der Waals surface area contributed by atoms with Crippen LogP contribution in [0.15, 0.2) is 12.1 Å². The quantitative estimate of drug-likeness (QED) is 0.916. The van der Waals surface area contributed by atoms with E-state index < -0.39 is 0 Å². The predicted molar refractivity (Wildman–Crippen MR) is 101 cm³/mol. The third-order valence-corrected chi connectivity index (χ3v) is 5.55. The molecule has 5 heteroatoms. The number of aryl methyl sites for hydroxylation is 2. The summed E-state index contributed by atoms with van der Waals surface area (Å²) in [5.74, 6) is 1.02. The van der Waals surface area contributed by atoms with Crippen molar-refractivity contribution in [2.75, 3.05) is 19.7 Å². The number of hydrogen-bond acceptors (Lipinski definition) is 3. The number of amides is 1. The maximum absolute atomic E-state index is 13.1. The highest BCUT2D eigenvalue weighted by atomic mass is 16.5. The molecular formula is C21H27N3O2. The smallest absolute Gasteiger partial charge is 0.254 e. The third-order valence-electron chi connectivity index (χ3n) is 5.55. The van der Waals surface area contributed by atoms with Gasteiger partial charge in [-0.1, -0.05) is 13.0 Å². The Kier molecular flexibility index (Phi) is 4.81. The first-order valence-electron chi connectivity index (χ1n) is 9.76. The van der Waals surface area contributed by atoms with Gasteiger partial charge < -0.3 is 14.6 Å². The van der Waals surface area contributed by atoms with Gasteiger partial charge >= 0.3 is 0 Å². The van der Waals surface area contributed by atoms with Crippen molar-refractivity contribution >= 4 is 5.91 Å². The number of imidazole rings is 1. The van der Waals surface area contributed by atoms with Crippen LogP contribution in [0.25, 0.3) is 11.4 Å². The maximum Gasteiger partial charge on any atom is 0.254 e. The summed E-state index contributed by atoms with van der Waals surface area (Å²) in [6.45, 7) is 7.28. The number of nitrogens with zero attached hydrogens (tertiary/aromatic N) is 2. The zero-order valence-corrected chi connectivity index (χ0v) is 15.7. The van der Waals surface area contributed by atoms with E-state index in [1.807, 2.05) is 4.90 Å². The minimum atomic E-state index is 0.169. The van der Waals surface area contributed by atoms with Gasteiger partial charge in [0.15, 0.2) is 0 Å². The van der Waals surface area contributed by atoms with Gasteiger partial charge in [0, 0.05) is 30.6 Å². The van der Waals surface area contributed by atoms with Gasteiger partial charge in [-0.05, 0) is 49.8 Å². The number of rotatable bonds is 3. The summed E-state index contributed by atoms with van der Waals surface area (Å²) in [5.41, 5.74) is 6.30. The minimum absolute atomic E-state index is 0.169. The molecule has 0 bridgehead atoms. The van der Waals surface area contributed by atoms with Crippen molar-refractivity contribution < 1.29 is 9.53 Å². The number of piperidine rings is 1. The number of likely N-dealkylation sites (tertiary alicyclic amines) is 1. The first-order valence-corrected chi connectivity index (χ1v) is 9.76. The number of fused-ring (bicyclic) bond motifs is 1. The average Bonchev–Trinajstić information content (AvgIpc) is 3.11. The van der Waals surface area contributed by atoms with Gasteiger partial charge in [-0.15, -0.1) is 0 Å². The zero-order valence-electron chi connectivity index (χ0n) is 15.7. The molecule has 0 radical (unpaired) electrons. The van der Waals surface area contributed by atoms with E-state index in [4.69, 9.17) is 9.72 Å². The second-order valence-electron chi connectivity index (χ2n) is 7.34. The number of benzene rings is 1. The molecule has 2 aliphatic rings. The Hall–Kier alpha value is -2.14. The van der Waals surface area contributed by atoms with Crippen LogP contribution in [0.2, 0.25) is 0 Å². The Labute approximate surface area is 154 Å². The first-order chi connectivity index (χ1) is 12.7. The van der Waals surface area contributed by atoms with Crippen LogP contribution in [-0.2, 0) is 24.2 Å². The van der Waals surface area contributed by atoms with Gasteiger partial charge in [0.1, 0.15) is 5.82 Å². The van der Waals surface area contributed by atoms with Crippen molar-refractivity contribution in [1.29, 1.82) is 0 Å². The van der Waals surface area contributed by atoms with Crippen LogP contribution < -0.4 is 0 Å². The van der Waals surface area contributed by atoms with Crippen molar-refractivity contribution in [3.05, 3.63) is 40.2 Å². The number of aromatic amines is 1. The lowest BCUT2D eigenvalue weighted by Crippen LogP contribution is -2.36. The summed E-state index contributed by atoms with van der Waals surface area (Å²) in [5, 5.41) is 0. The van der Waals surface area contributed by atoms with Crippen molar-refractivity contribution in [2.24, 2.45) is 0 Å².